The van der Waals surface area contributed by atoms with E-state index in [9.17, 15) is 0 Å². The van der Waals surface area contributed by atoms with Crippen LogP contribution in [0.3, 0.4) is 0 Å². The van der Waals surface area contributed by atoms with Crippen LogP contribution in [0, 0.1) is 0 Å². The summed E-state index contributed by atoms with van der Waals surface area (Å²) in [6, 6.07) is 0. The SMILES string of the molecule is NC1NCNN1. The summed E-state index contributed by atoms with van der Waals surface area (Å²) in [7, 11) is 0. The molecule has 4 heteroatoms. The molecule has 0 bridgehead atoms. The number of hydrogen-bond acceptors (Lipinski definition) is 4. The molecule has 0 spiro atoms. The van der Waals surface area contributed by atoms with E-state index in [1.54, 1.807) is 0 Å². The van der Waals surface area contributed by atoms with E-state index in [2.05, 4.69) is 16.2 Å². The van der Waals surface area contributed by atoms with E-state index >= 15 is 0 Å². The van der Waals surface area contributed by atoms with Crippen molar-refractivity contribution in [3.05, 3.63) is 0 Å². The van der Waals surface area contributed by atoms with Crippen LogP contribution < -0.4 is 21.9 Å². The van der Waals surface area contributed by atoms with Crippen molar-refractivity contribution >= 4 is 0 Å². The van der Waals surface area contributed by atoms with E-state index in [4.69, 9.17) is 5.73 Å². The minimum absolute atomic E-state index is 0.0648. The first-order valence-corrected chi connectivity index (χ1v) is 1.87. The van der Waals surface area contributed by atoms with Crippen molar-refractivity contribution < 1.29 is 0 Å². The van der Waals surface area contributed by atoms with Gasteiger partial charge >= 0.3 is 0 Å². The van der Waals surface area contributed by atoms with Crippen LogP contribution in [0.25, 0.3) is 0 Å². The number of hydrazine groups is 1. The molecule has 6 heavy (non-hydrogen) atoms. The summed E-state index contributed by atoms with van der Waals surface area (Å²) in [5.74, 6) is 0. The van der Waals surface area contributed by atoms with Crippen LogP contribution in [-0.4, -0.2) is 13.0 Å². The summed E-state index contributed by atoms with van der Waals surface area (Å²) in [6.45, 7) is 0.751. The highest BCUT2D eigenvalue weighted by Crippen LogP contribution is 1.62. The average molecular weight is 88.1 g/mol. The number of nitrogens with two attached hydrogens (primary N) is 1. The Morgan fingerprint density at radius 1 is 1.67 bits per heavy atom. The predicted octanol–water partition coefficient (Wildman–Crippen LogP) is -2.12. The second-order valence-electron chi connectivity index (χ2n) is 1.18. The lowest BCUT2D eigenvalue weighted by molar-refractivity contribution is 0.547. The van der Waals surface area contributed by atoms with E-state index < -0.39 is 0 Å². The number of nitrogens with one attached hydrogen (secondary N) is 3. The van der Waals surface area contributed by atoms with Crippen molar-refractivity contribution in [1.82, 2.24) is 16.2 Å². The van der Waals surface area contributed by atoms with Crippen molar-refractivity contribution in [3.8, 4) is 0 Å². The fourth-order valence-electron chi connectivity index (χ4n) is 0.373. The third-order valence-electron chi connectivity index (χ3n) is 0.668. The molecule has 1 unspecified atom stereocenters. The molecule has 1 fully saturated rings. The van der Waals surface area contributed by atoms with Crippen LogP contribution in [0.1, 0.15) is 0 Å². The molecule has 1 aliphatic rings. The average Bonchev–Trinajstić information content (AvgIpc) is 1.86. The van der Waals surface area contributed by atoms with Gasteiger partial charge in [0, 0.05) is 0 Å². The van der Waals surface area contributed by atoms with E-state index in [1.165, 1.54) is 0 Å². The molecule has 1 rings (SSSR count). The van der Waals surface area contributed by atoms with Crippen LogP contribution >= 0.6 is 0 Å². The number of rotatable bonds is 0. The van der Waals surface area contributed by atoms with Gasteiger partial charge in [0.25, 0.3) is 0 Å². The first kappa shape index (κ1) is 4.01. The molecular formula is C2H8N4. The summed E-state index contributed by atoms with van der Waals surface area (Å²) in [5, 5.41) is 2.88. The Morgan fingerprint density at radius 3 is 2.67 bits per heavy atom. The van der Waals surface area contributed by atoms with Gasteiger partial charge in [-0.3, -0.25) is 5.32 Å². The van der Waals surface area contributed by atoms with E-state index in [-0.39, 0.29) is 6.29 Å². The molecule has 0 aliphatic carbocycles. The Balaban J connectivity index is 2.18. The Kier molecular flexibility index (Phi) is 1.02. The topological polar surface area (TPSA) is 62.1 Å². The molecule has 0 radical (unpaired) electrons. The lowest BCUT2D eigenvalue weighted by atomic mass is 10.9. The maximum absolute atomic E-state index is 5.25. The molecule has 1 heterocycles. The van der Waals surface area contributed by atoms with Gasteiger partial charge in [0.2, 0.25) is 0 Å². The Bertz CT molecular complexity index is 38.8. The lowest BCUT2D eigenvalue weighted by Gasteiger charge is -1.96. The Hall–Kier alpha value is -0.160. The van der Waals surface area contributed by atoms with Gasteiger partial charge < -0.3 is 5.73 Å². The standard InChI is InChI=1S/C2H8N4/c3-2-4-1-5-6-2/h2,4-6H,1,3H2. The molecule has 1 aliphatic heterocycles. The van der Waals surface area contributed by atoms with Gasteiger partial charge in [0.15, 0.2) is 0 Å². The van der Waals surface area contributed by atoms with Crippen molar-refractivity contribution in [3.63, 3.8) is 0 Å². The zero-order valence-electron chi connectivity index (χ0n) is 3.36. The van der Waals surface area contributed by atoms with E-state index in [0.29, 0.717) is 0 Å². The molecule has 0 aromatic carbocycles. The minimum Gasteiger partial charge on any atom is -0.303 e. The maximum Gasteiger partial charge on any atom is 0.123 e. The molecule has 0 amide bonds. The van der Waals surface area contributed by atoms with Crippen molar-refractivity contribution in [2.75, 3.05) is 6.67 Å². The van der Waals surface area contributed by atoms with Gasteiger partial charge in [-0.2, -0.15) is 0 Å². The lowest BCUT2D eigenvalue weighted by Crippen LogP contribution is -2.41. The monoisotopic (exact) mass is 88.1 g/mol. The zero-order valence-corrected chi connectivity index (χ0v) is 3.36. The highest BCUT2D eigenvalue weighted by atomic mass is 15.5. The molecule has 0 aromatic rings. The largest absolute Gasteiger partial charge is 0.303 e. The van der Waals surface area contributed by atoms with Crippen LogP contribution in [0.5, 0.6) is 0 Å². The van der Waals surface area contributed by atoms with E-state index in [0.717, 1.165) is 6.67 Å². The van der Waals surface area contributed by atoms with Gasteiger partial charge in [0.05, 0.1) is 6.67 Å². The van der Waals surface area contributed by atoms with Crippen LogP contribution in [0.4, 0.5) is 0 Å². The summed E-state index contributed by atoms with van der Waals surface area (Å²) < 4.78 is 0. The quantitative estimate of drug-likeness (QED) is 0.273. The molecule has 1 atom stereocenters. The predicted molar refractivity (Wildman–Crippen MR) is 22.2 cm³/mol. The molecule has 5 N–H and O–H groups in total. The third kappa shape index (κ3) is 0.662. The highest BCUT2D eigenvalue weighted by Gasteiger charge is 2.02. The van der Waals surface area contributed by atoms with Gasteiger partial charge in [-0.05, 0) is 0 Å². The number of hydrogen-bond donors (Lipinski definition) is 4. The maximum atomic E-state index is 5.25. The second-order valence-corrected chi connectivity index (χ2v) is 1.18. The van der Waals surface area contributed by atoms with Gasteiger partial charge in [-0.1, -0.05) is 0 Å². The summed E-state index contributed by atoms with van der Waals surface area (Å²) in [5.41, 5.74) is 10.8. The molecule has 1 saturated heterocycles. The van der Waals surface area contributed by atoms with Crippen LogP contribution in [0.15, 0.2) is 0 Å². The van der Waals surface area contributed by atoms with Crippen molar-refractivity contribution in [2.24, 2.45) is 5.73 Å². The fraction of sp³-hybridized carbons (Fsp3) is 1.00. The summed E-state index contributed by atoms with van der Waals surface area (Å²) >= 11 is 0. The Morgan fingerprint density at radius 2 is 2.50 bits per heavy atom. The normalized spacial score (nSPS) is 34.5. The molecule has 0 saturated carbocycles. The zero-order chi connectivity index (χ0) is 4.41. The van der Waals surface area contributed by atoms with Gasteiger partial charge in [-0.15, -0.1) is 0 Å². The Labute approximate surface area is 36.1 Å². The summed E-state index contributed by atoms with van der Waals surface area (Å²) in [4.78, 5) is 0. The van der Waals surface area contributed by atoms with Gasteiger partial charge in [0.1, 0.15) is 6.29 Å². The second kappa shape index (κ2) is 1.53. The molecule has 0 aromatic heterocycles. The minimum atomic E-state index is -0.0648. The third-order valence-corrected chi connectivity index (χ3v) is 0.668. The first-order valence-electron chi connectivity index (χ1n) is 1.87. The molecule has 4 nitrogen and oxygen atoms in total. The van der Waals surface area contributed by atoms with Crippen molar-refractivity contribution in [1.29, 1.82) is 0 Å². The van der Waals surface area contributed by atoms with Crippen LogP contribution in [0.2, 0.25) is 0 Å². The van der Waals surface area contributed by atoms with Crippen molar-refractivity contribution in [2.45, 2.75) is 6.29 Å². The smallest absolute Gasteiger partial charge is 0.123 e. The van der Waals surface area contributed by atoms with Crippen LogP contribution in [-0.2, 0) is 0 Å². The molecule has 36 valence electrons. The van der Waals surface area contributed by atoms with Gasteiger partial charge in [-0.25, -0.2) is 10.9 Å². The fourth-order valence-corrected chi connectivity index (χ4v) is 0.373. The first-order chi connectivity index (χ1) is 2.89. The summed E-state index contributed by atoms with van der Waals surface area (Å²) in [6.07, 6.45) is -0.0648. The van der Waals surface area contributed by atoms with E-state index in [1.807, 2.05) is 0 Å². The molecular weight excluding hydrogens is 80.1 g/mol. The highest BCUT2D eigenvalue weighted by molar-refractivity contribution is 4.56.